The number of thiocarbonyl (C=S) groups is 1. The second-order valence-corrected chi connectivity index (χ2v) is 5.17. The number of likely N-dealkylation sites (tertiary alicyclic amines) is 1. The summed E-state index contributed by atoms with van der Waals surface area (Å²) in [4.78, 5) is 2.60. The summed E-state index contributed by atoms with van der Waals surface area (Å²) in [6, 6.07) is 4.69. The highest BCUT2D eigenvalue weighted by molar-refractivity contribution is 7.80. The maximum Gasteiger partial charge on any atom is 0.127 e. The third kappa shape index (κ3) is 2.94. The van der Waals surface area contributed by atoms with Crippen LogP contribution in [0.2, 0.25) is 5.02 Å². The predicted octanol–water partition coefficient (Wildman–Crippen LogP) is 2.73. The summed E-state index contributed by atoms with van der Waals surface area (Å²) in [7, 11) is 0. The maximum absolute atomic E-state index is 13.6. The van der Waals surface area contributed by atoms with Crippen molar-refractivity contribution in [3.63, 3.8) is 0 Å². The summed E-state index contributed by atoms with van der Waals surface area (Å²) in [6.45, 7) is 1.41. The molecule has 1 fully saturated rings. The van der Waals surface area contributed by atoms with Crippen molar-refractivity contribution in [2.75, 3.05) is 6.54 Å². The van der Waals surface area contributed by atoms with Gasteiger partial charge < -0.3 is 5.73 Å². The van der Waals surface area contributed by atoms with E-state index in [1.54, 1.807) is 12.1 Å². The summed E-state index contributed by atoms with van der Waals surface area (Å²) in [6.07, 6.45) is 2.00. The lowest BCUT2D eigenvalue weighted by molar-refractivity contribution is 0.290. The van der Waals surface area contributed by atoms with Gasteiger partial charge in [0.1, 0.15) is 5.82 Å². The largest absolute Gasteiger partial charge is 0.392 e. The lowest BCUT2D eigenvalue weighted by Gasteiger charge is -2.23. The van der Waals surface area contributed by atoms with E-state index in [1.165, 1.54) is 6.07 Å². The zero-order valence-electron chi connectivity index (χ0n) is 9.33. The van der Waals surface area contributed by atoms with Crippen LogP contribution in [0, 0.1) is 5.82 Å². The van der Waals surface area contributed by atoms with Crippen molar-refractivity contribution in [1.82, 2.24) is 4.90 Å². The Bertz CT molecular complexity index is 439. The van der Waals surface area contributed by atoms with E-state index in [0.717, 1.165) is 19.4 Å². The number of rotatable bonds is 3. The quantitative estimate of drug-likeness (QED) is 0.858. The molecule has 0 aromatic heterocycles. The number of hydrogen-bond acceptors (Lipinski definition) is 2. The van der Waals surface area contributed by atoms with Crippen molar-refractivity contribution < 1.29 is 4.39 Å². The van der Waals surface area contributed by atoms with Gasteiger partial charge in [0.05, 0.1) is 11.0 Å². The van der Waals surface area contributed by atoms with Gasteiger partial charge in [0.25, 0.3) is 0 Å². The highest BCUT2D eigenvalue weighted by Crippen LogP contribution is 2.23. The van der Waals surface area contributed by atoms with Gasteiger partial charge in [0.2, 0.25) is 0 Å². The monoisotopic (exact) mass is 272 g/mol. The van der Waals surface area contributed by atoms with Crippen LogP contribution in [-0.2, 0) is 6.54 Å². The summed E-state index contributed by atoms with van der Waals surface area (Å²) >= 11 is 10.9. The Morgan fingerprint density at radius 3 is 3.06 bits per heavy atom. The van der Waals surface area contributed by atoms with E-state index in [4.69, 9.17) is 29.6 Å². The molecule has 0 saturated carbocycles. The molecule has 2 nitrogen and oxygen atoms in total. The van der Waals surface area contributed by atoms with Gasteiger partial charge >= 0.3 is 0 Å². The molecule has 2 N–H and O–H groups in total. The Morgan fingerprint density at radius 2 is 2.35 bits per heavy atom. The third-order valence-electron chi connectivity index (χ3n) is 3.07. The Morgan fingerprint density at radius 1 is 1.59 bits per heavy atom. The van der Waals surface area contributed by atoms with Crippen LogP contribution in [-0.4, -0.2) is 22.5 Å². The van der Waals surface area contributed by atoms with Crippen LogP contribution < -0.4 is 5.73 Å². The normalized spacial score (nSPS) is 20.7. The number of nitrogens with two attached hydrogens (primary N) is 1. The molecular formula is C12H14ClFN2S. The predicted molar refractivity (Wildman–Crippen MR) is 71.6 cm³/mol. The van der Waals surface area contributed by atoms with Crippen LogP contribution >= 0.6 is 23.8 Å². The van der Waals surface area contributed by atoms with Gasteiger partial charge in [-0.1, -0.05) is 23.8 Å². The Labute approximate surface area is 111 Å². The molecule has 1 saturated heterocycles. The first-order valence-electron chi connectivity index (χ1n) is 5.55. The Kier molecular flexibility index (Phi) is 3.97. The van der Waals surface area contributed by atoms with Crippen molar-refractivity contribution in [1.29, 1.82) is 0 Å². The van der Waals surface area contributed by atoms with Crippen molar-refractivity contribution in [3.05, 3.63) is 34.6 Å². The molecule has 1 aliphatic rings. The van der Waals surface area contributed by atoms with Crippen molar-refractivity contribution >= 4 is 28.8 Å². The Balaban J connectivity index is 2.15. The molecule has 0 amide bonds. The molecule has 5 heteroatoms. The molecule has 17 heavy (non-hydrogen) atoms. The summed E-state index contributed by atoms with van der Waals surface area (Å²) in [5.74, 6) is -0.233. The lowest BCUT2D eigenvalue weighted by Crippen LogP contribution is -2.38. The van der Waals surface area contributed by atoms with Gasteiger partial charge in [-0.3, -0.25) is 4.90 Å². The third-order valence-corrected chi connectivity index (χ3v) is 3.58. The topological polar surface area (TPSA) is 29.3 Å². The molecule has 1 aromatic rings. The van der Waals surface area contributed by atoms with E-state index in [0.29, 0.717) is 22.1 Å². The number of nitrogens with zero attached hydrogens (tertiary/aromatic N) is 1. The van der Waals surface area contributed by atoms with Crippen molar-refractivity contribution in [3.8, 4) is 0 Å². The minimum absolute atomic E-state index is 0.0865. The fraction of sp³-hybridized carbons (Fsp3) is 0.417. The molecular weight excluding hydrogens is 259 g/mol. The lowest BCUT2D eigenvalue weighted by atomic mass is 10.1. The first kappa shape index (κ1) is 12.7. The molecule has 0 bridgehead atoms. The molecule has 1 atom stereocenters. The van der Waals surface area contributed by atoms with E-state index >= 15 is 0 Å². The Hall–Kier alpha value is -0.710. The fourth-order valence-corrected chi connectivity index (χ4v) is 2.68. The number of halogens is 2. The smallest absolute Gasteiger partial charge is 0.127 e. The molecule has 0 spiro atoms. The molecule has 1 aromatic carbocycles. The van der Waals surface area contributed by atoms with E-state index in [1.807, 2.05) is 0 Å². The number of hydrogen-bond donors (Lipinski definition) is 1. The molecule has 92 valence electrons. The summed E-state index contributed by atoms with van der Waals surface area (Å²) < 4.78 is 13.6. The van der Waals surface area contributed by atoms with E-state index in [9.17, 15) is 4.39 Å². The zero-order chi connectivity index (χ0) is 12.4. The molecule has 2 rings (SSSR count). The van der Waals surface area contributed by atoms with Crippen molar-refractivity contribution in [2.45, 2.75) is 25.4 Å². The van der Waals surface area contributed by atoms with E-state index < -0.39 is 0 Å². The van der Waals surface area contributed by atoms with Crippen LogP contribution in [0.5, 0.6) is 0 Å². The highest BCUT2D eigenvalue weighted by atomic mass is 35.5. The van der Waals surface area contributed by atoms with Crippen LogP contribution in [0.3, 0.4) is 0 Å². The minimum atomic E-state index is -0.233. The molecule has 1 unspecified atom stereocenters. The highest BCUT2D eigenvalue weighted by Gasteiger charge is 2.27. The van der Waals surface area contributed by atoms with Gasteiger partial charge in [-0.15, -0.1) is 0 Å². The average Bonchev–Trinajstić information content (AvgIpc) is 2.71. The van der Waals surface area contributed by atoms with Gasteiger partial charge in [0.15, 0.2) is 0 Å². The standard InChI is InChI=1S/C12H14ClFN2S/c13-9-3-4-10(14)8(6-9)7-16-5-1-2-11(16)12(15)17/h3-4,6,11H,1-2,5,7H2,(H2,15,17). The SMILES string of the molecule is NC(=S)C1CCCN1Cc1cc(Cl)ccc1F. The van der Waals surface area contributed by atoms with Crippen LogP contribution in [0.1, 0.15) is 18.4 Å². The fourth-order valence-electron chi connectivity index (χ4n) is 2.22. The van der Waals surface area contributed by atoms with Crippen LogP contribution in [0.4, 0.5) is 4.39 Å². The number of benzene rings is 1. The van der Waals surface area contributed by atoms with E-state index in [2.05, 4.69) is 4.90 Å². The van der Waals surface area contributed by atoms with E-state index in [-0.39, 0.29) is 11.9 Å². The average molecular weight is 273 g/mol. The van der Waals surface area contributed by atoms with Gasteiger partial charge in [0, 0.05) is 17.1 Å². The zero-order valence-corrected chi connectivity index (χ0v) is 10.9. The maximum atomic E-state index is 13.6. The first-order valence-corrected chi connectivity index (χ1v) is 6.34. The minimum Gasteiger partial charge on any atom is -0.392 e. The van der Waals surface area contributed by atoms with Crippen LogP contribution in [0.25, 0.3) is 0 Å². The summed E-state index contributed by atoms with van der Waals surface area (Å²) in [5.41, 5.74) is 6.28. The van der Waals surface area contributed by atoms with Crippen LogP contribution in [0.15, 0.2) is 18.2 Å². The van der Waals surface area contributed by atoms with Gasteiger partial charge in [-0.05, 0) is 37.6 Å². The molecule has 1 heterocycles. The molecule has 0 radical (unpaired) electrons. The molecule has 1 aliphatic heterocycles. The van der Waals surface area contributed by atoms with Crippen molar-refractivity contribution in [2.24, 2.45) is 5.73 Å². The first-order chi connectivity index (χ1) is 8.08. The molecule has 0 aliphatic carbocycles. The van der Waals surface area contributed by atoms with Gasteiger partial charge in [-0.2, -0.15) is 0 Å². The van der Waals surface area contributed by atoms with Gasteiger partial charge in [-0.25, -0.2) is 4.39 Å². The second-order valence-electron chi connectivity index (χ2n) is 4.27. The summed E-state index contributed by atoms with van der Waals surface area (Å²) in [5, 5.41) is 0.549. The second kappa shape index (κ2) is 5.29.